The first kappa shape index (κ1) is 11.6. The lowest BCUT2D eigenvalue weighted by Crippen LogP contribution is -2.46. The van der Waals surface area contributed by atoms with E-state index in [9.17, 15) is 14.4 Å². The van der Waals surface area contributed by atoms with Crippen LogP contribution in [0, 0.1) is 0 Å². The second kappa shape index (κ2) is 4.05. The van der Waals surface area contributed by atoms with Gasteiger partial charge in [-0.1, -0.05) is 0 Å². The van der Waals surface area contributed by atoms with Crippen molar-refractivity contribution < 1.29 is 19.5 Å². The first-order chi connectivity index (χ1) is 8.58. The van der Waals surface area contributed by atoms with Gasteiger partial charge in [0.15, 0.2) is 0 Å². The largest absolute Gasteiger partial charge is 0.480 e. The zero-order chi connectivity index (χ0) is 12.9. The highest BCUT2D eigenvalue weighted by atomic mass is 16.4. The first-order valence-electron chi connectivity index (χ1n) is 6.41. The fraction of sp³-hybridized carbons (Fsp3) is 0.750. The zero-order valence-electron chi connectivity index (χ0n) is 10.0. The van der Waals surface area contributed by atoms with Gasteiger partial charge in [-0.15, -0.1) is 0 Å². The molecule has 0 aromatic heterocycles. The van der Waals surface area contributed by atoms with E-state index in [1.807, 2.05) is 0 Å². The molecule has 18 heavy (non-hydrogen) atoms. The highest BCUT2D eigenvalue weighted by Gasteiger charge is 2.50. The van der Waals surface area contributed by atoms with Gasteiger partial charge in [-0.05, 0) is 25.7 Å². The maximum atomic E-state index is 12.2. The number of amides is 2. The summed E-state index contributed by atoms with van der Waals surface area (Å²) in [7, 11) is 0. The number of hydrogen-bond donors (Lipinski definition) is 1. The minimum atomic E-state index is -0.938. The number of likely N-dealkylation sites (tertiary alicyclic amines) is 1. The van der Waals surface area contributed by atoms with Crippen LogP contribution in [0.15, 0.2) is 0 Å². The van der Waals surface area contributed by atoms with Gasteiger partial charge in [0.1, 0.15) is 0 Å². The van der Waals surface area contributed by atoms with Crippen LogP contribution in [0.3, 0.4) is 0 Å². The smallest absolute Gasteiger partial charge is 0.317 e. The summed E-state index contributed by atoms with van der Waals surface area (Å²) in [5.41, 5.74) is 0. The lowest BCUT2D eigenvalue weighted by Gasteiger charge is -2.25. The van der Waals surface area contributed by atoms with Crippen molar-refractivity contribution in [3.8, 4) is 0 Å². The summed E-state index contributed by atoms with van der Waals surface area (Å²) in [5.74, 6) is -1.26. The zero-order valence-corrected chi connectivity index (χ0v) is 10.0. The van der Waals surface area contributed by atoms with E-state index in [0.717, 1.165) is 25.7 Å². The molecule has 2 aliphatic carbocycles. The second-order valence-electron chi connectivity index (χ2n) is 5.35. The van der Waals surface area contributed by atoms with E-state index >= 15 is 0 Å². The summed E-state index contributed by atoms with van der Waals surface area (Å²) >= 11 is 0. The van der Waals surface area contributed by atoms with Crippen LogP contribution in [0.5, 0.6) is 0 Å². The molecule has 6 nitrogen and oxygen atoms in total. The average Bonchev–Trinajstić information content (AvgIpc) is 3.14. The van der Waals surface area contributed by atoms with E-state index in [4.69, 9.17) is 5.11 Å². The van der Waals surface area contributed by atoms with Crippen LogP contribution in [0.2, 0.25) is 0 Å². The van der Waals surface area contributed by atoms with Crippen molar-refractivity contribution in [2.45, 2.75) is 50.2 Å². The van der Waals surface area contributed by atoms with Crippen LogP contribution in [0.1, 0.15) is 32.1 Å². The third-order valence-electron chi connectivity index (χ3n) is 3.81. The predicted molar refractivity (Wildman–Crippen MR) is 60.6 cm³/mol. The fourth-order valence-electron chi connectivity index (χ4n) is 2.67. The van der Waals surface area contributed by atoms with E-state index in [1.165, 1.54) is 4.90 Å². The Morgan fingerprint density at radius 1 is 1.28 bits per heavy atom. The molecule has 0 aromatic rings. The van der Waals surface area contributed by atoms with Crippen LogP contribution in [0.4, 0.5) is 0 Å². The summed E-state index contributed by atoms with van der Waals surface area (Å²) in [6, 6.07) is -0.287. The molecule has 98 valence electrons. The van der Waals surface area contributed by atoms with Crippen LogP contribution < -0.4 is 0 Å². The Morgan fingerprint density at radius 3 is 2.44 bits per heavy atom. The number of carbonyl (C=O) groups is 3. The third kappa shape index (κ3) is 2.01. The van der Waals surface area contributed by atoms with Crippen molar-refractivity contribution in [2.24, 2.45) is 0 Å². The third-order valence-corrected chi connectivity index (χ3v) is 3.81. The van der Waals surface area contributed by atoms with Crippen molar-refractivity contribution >= 4 is 17.8 Å². The predicted octanol–water partition coefficient (Wildman–Crippen LogP) is -0.175. The lowest BCUT2D eigenvalue weighted by atomic mass is 10.2. The number of hydrogen-bond acceptors (Lipinski definition) is 4. The van der Waals surface area contributed by atoms with Gasteiger partial charge in [-0.2, -0.15) is 0 Å². The Labute approximate surface area is 105 Å². The summed E-state index contributed by atoms with van der Waals surface area (Å²) in [6.45, 7) is -0.146. The molecule has 1 atom stereocenters. The molecule has 0 spiro atoms. The van der Waals surface area contributed by atoms with Gasteiger partial charge in [-0.3, -0.25) is 24.2 Å². The molecule has 3 aliphatic rings. The number of carboxylic acids is 1. The molecular weight excluding hydrogens is 236 g/mol. The highest BCUT2D eigenvalue weighted by molar-refractivity contribution is 6.06. The normalized spacial score (nSPS) is 28.3. The SMILES string of the molecule is O=C(O)CN(C1CC1)C1CC(=O)N(C2CC2)C1=O. The lowest BCUT2D eigenvalue weighted by molar-refractivity contribution is -0.141. The molecule has 0 bridgehead atoms. The molecule has 2 amide bonds. The average molecular weight is 252 g/mol. The van der Waals surface area contributed by atoms with Gasteiger partial charge in [0, 0.05) is 12.1 Å². The van der Waals surface area contributed by atoms with Crippen molar-refractivity contribution in [2.75, 3.05) is 6.54 Å². The van der Waals surface area contributed by atoms with Gasteiger partial charge in [-0.25, -0.2) is 0 Å². The van der Waals surface area contributed by atoms with Gasteiger partial charge in [0.25, 0.3) is 0 Å². The maximum Gasteiger partial charge on any atom is 0.317 e. The standard InChI is InChI=1S/C12H16N2O4/c15-10-5-9(12(18)14(10)8-3-4-8)13(6-11(16)17)7-1-2-7/h7-9H,1-6H2,(H,16,17). The van der Waals surface area contributed by atoms with Gasteiger partial charge in [0.05, 0.1) is 19.0 Å². The first-order valence-corrected chi connectivity index (χ1v) is 6.41. The van der Waals surface area contributed by atoms with E-state index in [0.29, 0.717) is 0 Å². The molecule has 6 heteroatoms. The van der Waals surface area contributed by atoms with Crippen molar-refractivity contribution in [3.63, 3.8) is 0 Å². The van der Waals surface area contributed by atoms with Crippen LogP contribution in [-0.4, -0.2) is 57.4 Å². The van der Waals surface area contributed by atoms with Crippen LogP contribution in [-0.2, 0) is 14.4 Å². The second-order valence-corrected chi connectivity index (χ2v) is 5.35. The minimum absolute atomic E-state index is 0.0841. The van der Waals surface area contributed by atoms with Crippen molar-refractivity contribution in [1.82, 2.24) is 9.80 Å². The Kier molecular flexibility index (Phi) is 2.62. The molecule has 3 rings (SSSR count). The van der Waals surface area contributed by atoms with Gasteiger partial charge < -0.3 is 5.11 Å². The summed E-state index contributed by atoms with van der Waals surface area (Å²) in [5, 5.41) is 8.91. The molecule has 3 fully saturated rings. The number of rotatable bonds is 5. The summed E-state index contributed by atoms with van der Waals surface area (Å²) < 4.78 is 0. The van der Waals surface area contributed by atoms with Gasteiger partial charge >= 0.3 is 5.97 Å². The number of carbonyl (C=O) groups excluding carboxylic acids is 2. The Balaban J connectivity index is 1.76. The number of aliphatic carboxylic acids is 1. The molecule has 1 aliphatic heterocycles. The van der Waals surface area contributed by atoms with Crippen molar-refractivity contribution in [3.05, 3.63) is 0 Å². The maximum absolute atomic E-state index is 12.2. The van der Waals surface area contributed by atoms with E-state index in [2.05, 4.69) is 0 Å². The molecule has 1 saturated heterocycles. The number of carboxylic acid groups (broad SMARTS) is 1. The quantitative estimate of drug-likeness (QED) is 0.687. The Bertz CT molecular complexity index is 414. The molecule has 2 saturated carbocycles. The number of imide groups is 1. The topological polar surface area (TPSA) is 77.9 Å². The van der Waals surface area contributed by atoms with Crippen LogP contribution in [0.25, 0.3) is 0 Å². The van der Waals surface area contributed by atoms with Crippen LogP contribution >= 0.6 is 0 Å². The van der Waals surface area contributed by atoms with Gasteiger partial charge in [0.2, 0.25) is 11.8 Å². The summed E-state index contributed by atoms with van der Waals surface area (Å²) in [4.78, 5) is 38.0. The fourth-order valence-corrected chi connectivity index (χ4v) is 2.67. The van der Waals surface area contributed by atoms with E-state index in [1.54, 1.807) is 4.90 Å². The molecule has 1 unspecified atom stereocenters. The van der Waals surface area contributed by atoms with E-state index in [-0.39, 0.29) is 36.9 Å². The van der Waals surface area contributed by atoms with Crippen molar-refractivity contribution in [1.29, 1.82) is 0 Å². The molecule has 1 heterocycles. The number of nitrogens with zero attached hydrogens (tertiary/aromatic N) is 2. The Hall–Kier alpha value is -1.43. The molecule has 0 aromatic carbocycles. The summed E-state index contributed by atoms with van der Waals surface area (Å²) in [6.07, 6.45) is 3.79. The highest BCUT2D eigenvalue weighted by Crippen LogP contribution is 2.36. The molecular formula is C12H16N2O4. The monoisotopic (exact) mass is 252 g/mol. The Morgan fingerprint density at radius 2 is 1.94 bits per heavy atom. The molecule has 1 N–H and O–H groups in total. The molecule has 0 radical (unpaired) electrons. The van der Waals surface area contributed by atoms with E-state index < -0.39 is 12.0 Å². The minimum Gasteiger partial charge on any atom is -0.480 e.